The first-order chi connectivity index (χ1) is 12.7. The zero-order valence-corrected chi connectivity index (χ0v) is 18.8. The lowest BCUT2D eigenvalue weighted by Crippen LogP contribution is -2.21. The number of halogens is 1. The monoisotopic (exact) mass is 463 g/mol. The van der Waals surface area contributed by atoms with Crippen molar-refractivity contribution < 1.29 is 0 Å². The summed E-state index contributed by atoms with van der Waals surface area (Å²) in [5, 5.41) is 8.43. The van der Waals surface area contributed by atoms with E-state index in [1.54, 1.807) is 22.7 Å². The van der Waals surface area contributed by atoms with E-state index in [9.17, 15) is 0 Å². The van der Waals surface area contributed by atoms with Gasteiger partial charge in [0.2, 0.25) is 0 Å². The lowest BCUT2D eigenvalue weighted by atomic mass is 10.2. The molecule has 0 fully saturated rings. The number of hydrogen-bond donors (Lipinski definition) is 1. The van der Waals surface area contributed by atoms with Crippen LogP contribution in [0.15, 0.2) is 41.2 Å². The quantitative estimate of drug-likeness (QED) is 0.381. The first kappa shape index (κ1) is 19.9. The molecule has 1 aromatic carbocycles. The van der Waals surface area contributed by atoms with Crippen molar-refractivity contribution >= 4 is 61.1 Å². The minimum atomic E-state index is 0. The average molecular weight is 464 g/mol. The van der Waals surface area contributed by atoms with Gasteiger partial charge in [-0.05, 0) is 45.0 Å². The van der Waals surface area contributed by atoms with E-state index in [2.05, 4.69) is 63.1 Å². The summed E-state index contributed by atoms with van der Waals surface area (Å²) < 4.78 is 2.11. The predicted molar refractivity (Wildman–Crippen MR) is 123 cm³/mol. The van der Waals surface area contributed by atoms with E-state index in [1.807, 2.05) is 18.5 Å². The van der Waals surface area contributed by atoms with Crippen LogP contribution in [0.1, 0.15) is 19.5 Å². The van der Waals surface area contributed by atoms with Crippen molar-refractivity contribution in [3.63, 3.8) is 0 Å². The summed E-state index contributed by atoms with van der Waals surface area (Å²) in [5.74, 6) is 0. The standard InChI is InChI=1S/C19H21N5S2.BrH/c1-4-23(5-2)15-8-6-14(7-9-15)21-18-22-16(12-26-18)17-13(3)20-19-24(17)10-11-25-19;/h6-12H,4-5H2,1-3H3,(H,21,22);1H. The molecule has 0 radical (unpaired) electrons. The molecule has 142 valence electrons. The Hall–Kier alpha value is -1.90. The molecule has 3 aromatic heterocycles. The molecule has 0 unspecified atom stereocenters. The molecular weight excluding hydrogens is 442 g/mol. The SMILES string of the molecule is Br.CCN(CC)c1ccc(Nc2nc(-c3c(C)nc4sccn34)cs2)cc1. The minimum Gasteiger partial charge on any atom is -0.372 e. The van der Waals surface area contributed by atoms with E-state index in [-0.39, 0.29) is 17.0 Å². The van der Waals surface area contributed by atoms with Crippen LogP contribution in [0.25, 0.3) is 16.3 Å². The first-order valence-corrected chi connectivity index (χ1v) is 10.5. The Morgan fingerprint density at radius 1 is 1.07 bits per heavy atom. The van der Waals surface area contributed by atoms with Crippen molar-refractivity contribution in [2.45, 2.75) is 20.8 Å². The van der Waals surface area contributed by atoms with Crippen LogP contribution in [0.3, 0.4) is 0 Å². The van der Waals surface area contributed by atoms with E-state index >= 15 is 0 Å². The van der Waals surface area contributed by atoms with E-state index in [4.69, 9.17) is 4.98 Å². The molecule has 0 spiro atoms. The number of benzene rings is 1. The second kappa shape index (κ2) is 8.41. The zero-order valence-electron chi connectivity index (χ0n) is 15.5. The predicted octanol–water partition coefficient (Wildman–Crippen LogP) is 6.00. The summed E-state index contributed by atoms with van der Waals surface area (Å²) in [4.78, 5) is 12.7. The highest BCUT2D eigenvalue weighted by atomic mass is 79.9. The third kappa shape index (κ3) is 3.88. The van der Waals surface area contributed by atoms with Crippen molar-refractivity contribution in [1.82, 2.24) is 14.4 Å². The van der Waals surface area contributed by atoms with E-state index in [0.717, 1.165) is 46.0 Å². The topological polar surface area (TPSA) is 45.5 Å². The number of aryl methyl sites for hydroxylation is 1. The molecule has 3 heterocycles. The van der Waals surface area contributed by atoms with Gasteiger partial charge in [-0.15, -0.1) is 39.7 Å². The molecule has 27 heavy (non-hydrogen) atoms. The van der Waals surface area contributed by atoms with Gasteiger partial charge in [-0.1, -0.05) is 0 Å². The molecule has 0 amide bonds. The molecule has 0 saturated carbocycles. The van der Waals surface area contributed by atoms with Gasteiger partial charge >= 0.3 is 0 Å². The van der Waals surface area contributed by atoms with Crippen molar-refractivity contribution in [2.75, 3.05) is 23.3 Å². The second-order valence-electron chi connectivity index (χ2n) is 5.98. The van der Waals surface area contributed by atoms with Gasteiger partial charge < -0.3 is 10.2 Å². The fourth-order valence-corrected chi connectivity index (χ4v) is 4.59. The van der Waals surface area contributed by atoms with E-state index in [1.165, 1.54) is 5.69 Å². The maximum atomic E-state index is 4.77. The van der Waals surface area contributed by atoms with Crippen molar-refractivity contribution in [2.24, 2.45) is 0 Å². The highest BCUT2D eigenvalue weighted by Gasteiger charge is 2.15. The summed E-state index contributed by atoms with van der Waals surface area (Å²) >= 11 is 3.25. The summed E-state index contributed by atoms with van der Waals surface area (Å²) in [6, 6.07) is 8.52. The third-order valence-electron chi connectivity index (χ3n) is 4.43. The summed E-state index contributed by atoms with van der Waals surface area (Å²) in [6.45, 7) is 8.42. The third-order valence-corrected chi connectivity index (χ3v) is 5.94. The molecule has 0 bridgehead atoms. The number of nitrogens with one attached hydrogen (secondary N) is 1. The average Bonchev–Trinajstić information content (AvgIpc) is 3.34. The number of imidazole rings is 1. The largest absolute Gasteiger partial charge is 0.372 e. The van der Waals surface area contributed by atoms with Crippen LogP contribution in [0, 0.1) is 6.92 Å². The van der Waals surface area contributed by atoms with Crippen LogP contribution in [0.5, 0.6) is 0 Å². The molecule has 0 atom stereocenters. The molecule has 4 aromatic rings. The van der Waals surface area contributed by atoms with Crippen LogP contribution in [-0.4, -0.2) is 27.5 Å². The number of thiazole rings is 2. The van der Waals surface area contributed by atoms with Crippen molar-refractivity contribution in [3.8, 4) is 11.4 Å². The molecule has 5 nitrogen and oxygen atoms in total. The molecular formula is C19H22BrN5S2. The van der Waals surface area contributed by atoms with Gasteiger partial charge in [0.15, 0.2) is 10.1 Å². The van der Waals surface area contributed by atoms with Gasteiger partial charge in [0.25, 0.3) is 0 Å². The second-order valence-corrected chi connectivity index (χ2v) is 7.71. The van der Waals surface area contributed by atoms with Gasteiger partial charge in [0.1, 0.15) is 5.69 Å². The number of fused-ring (bicyclic) bond motifs is 1. The Balaban J connectivity index is 0.00000210. The summed E-state index contributed by atoms with van der Waals surface area (Å²) in [7, 11) is 0. The normalized spacial score (nSPS) is 10.8. The molecule has 8 heteroatoms. The maximum absolute atomic E-state index is 4.77. The van der Waals surface area contributed by atoms with Crippen LogP contribution in [-0.2, 0) is 0 Å². The van der Waals surface area contributed by atoms with Gasteiger partial charge in [0.05, 0.1) is 11.4 Å². The first-order valence-electron chi connectivity index (χ1n) is 8.69. The van der Waals surface area contributed by atoms with Gasteiger partial charge in [0, 0.05) is 41.4 Å². The van der Waals surface area contributed by atoms with E-state index in [0.29, 0.717) is 0 Å². The van der Waals surface area contributed by atoms with Crippen molar-refractivity contribution in [3.05, 3.63) is 46.9 Å². The Bertz CT molecular complexity index is 1010. The highest BCUT2D eigenvalue weighted by Crippen LogP contribution is 2.31. The number of anilines is 3. The Kier molecular flexibility index (Phi) is 6.18. The Labute approximate surface area is 177 Å². The number of rotatable bonds is 6. The summed E-state index contributed by atoms with van der Waals surface area (Å²) in [6.07, 6.45) is 2.05. The maximum Gasteiger partial charge on any atom is 0.194 e. The summed E-state index contributed by atoms with van der Waals surface area (Å²) in [5.41, 5.74) is 5.34. The highest BCUT2D eigenvalue weighted by molar-refractivity contribution is 8.93. The molecule has 0 aliphatic heterocycles. The van der Waals surface area contributed by atoms with Crippen LogP contribution >= 0.6 is 39.7 Å². The molecule has 0 aliphatic rings. The molecule has 4 rings (SSSR count). The van der Waals surface area contributed by atoms with Gasteiger partial charge in [-0.2, -0.15) is 0 Å². The van der Waals surface area contributed by atoms with Crippen LogP contribution in [0.4, 0.5) is 16.5 Å². The number of nitrogens with zero attached hydrogens (tertiary/aromatic N) is 4. The molecule has 0 saturated heterocycles. The number of aromatic nitrogens is 3. The Morgan fingerprint density at radius 2 is 1.81 bits per heavy atom. The van der Waals surface area contributed by atoms with Crippen LogP contribution < -0.4 is 10.2 Å². The Morgan fingerprint density at radius 3 is 2.52 bits per heavy atom. The smallest absolute Gasteiger partial charge is 0.194 e. The minimum absolute atomic E-state index is 0. The van der Waals surface area contributed by atoms with E-state index < -0.39 is 0 Å². The van der Waals surface area contributed by atoms with Gasteiger partial charge in [-0.25, -0.2) is 9.97 Å². The fourth-order valence-electron chi connectivity index (χ4n) is 3.11. The molecule has 1 N–H and O–H groups in total. The van der Waals surface area contributed by atoms with Crippen molar-refractivity contribution in [1.29, 1.82) is 0 Å². The van der Waals surface area contributed by atoms with Crippen LogP contribution in [0.2, 0.25) is 0 Å². The lowest BCUT2D eigenvalue weighted by Gasteiger charge is -2.21. The van der Waals surface area contributed by atoms with Gasteiger partial charge in [-0.3, -0.25) is 4.40 Å². The zero-order chi connectivity index (χ0) is 18.1. The fraction of sp³-hybridized carbons (Fsp3) is 0.263. The molecule has 0 aliphatic carbocycles. The number of hydrogen-bond acceptors (Lipinski definition) is 6. The lowest BCUT2D eigenvalue weighted by molar-refractivity contribution is 0.866.